The molecule has 88 heavy (non-hydrogen) atoms. The lowest BCUT2D eigenvalue weighted by Crippen LogP contribution is -2.61. The number of fused-ring (bicyclic) bond motifs is 3. The Morgan fingerprint density at radius 3 is 2.08 bits per heavy atom. The van der Waals surface area contributed by atoms with E-state index in [4.69, 9.17) is 42.9 Å². The molecule has 3 fully saturated rings. The molecule has 0 saturated carbocycles. The van der Waals surface area contributed by atoms with Crippen molar-refractivity contribution in [1.29, 1.82) is 0 Å². The summed E-state index contributed by atoms with van der Waals surface area (Å²) in [5, 5.41) is 9.54. The Balaban J connectivity index is 0.000000228. The SMILES string of the molecule is CC(=O)c1cn(CC(=O)N2C[Si](C)(C)C[C@H]2C(=O)NCc2cccc(Cl)c2F)c2cc(OCS(=O)(=O)NC(C)(C)C)ccc12.CCCCOP(=O)(O)COc1ccc2c(c1)c(N1CCN3CC[C@@H](C(=O)NCc4cccc(Cl)c4F)N3C1=O)cn2C(N)=O. The van der Waals surface area contributed by atoms with Crippen LogP contribution in [0.4, 0.5) is 24.1 Å². The average molecular weight is 1320 g/mol. The number of rotatable bonds is 21. The number of urea groups is 1. The number of hydrogen-bond acceptors (Lipinski definition) is 13. The number of carbonyl (C=O) groups is 6. The van der Waals surface area contributed by atoms with Gasteiger partial charge in [0.05, 0.1) is 41.4 Å². The Kier molecular flexibility index (Phi) is 20.9. The van der Waals surface area contributed by atoms with Crippen molar-refractivity contribution in [1.82, 2.24) is 39.4 Å². The normalized spacial score (nSPS) is 17.5. The van der Waals surface area contributed by atoms with Crippen molar-refractivity contribution in [2.75, 3.05) is 49.6 Å². The summed E-state index contributed by atoms with van der Waals surface area (Å²) < 4.78 is 87.5. The van der Waals surface area contributed by atoms with Gasteiger partial charge in [-0.3, -0.25) is 33.2 Å². The van der Waals surface area contributed by atoms with Crippen molar-refractivity contribution in [3.63, 3.8) is 0 Å². The summed E-state index contributed by atoms with van der Waals surface area (Å²) in [6.07, 6.45) is 4.69. The van der Waals surface area contributed by atoms with E-state index in [0.717, 1.165) is 6.42 Å². The third kappa shape index (κ3) is 16.1. The molecular formula is C58H71Cl2F2N10O13PSSi. The molecule has 0 radical (unpaired) electrons. The van der Waals surface area contributed by atoms with E-state index in [1.807, 2.05) is 6.92 Å². The molecule has 474 valence electrons. The van der Waals surface area contributed by atoms with Gasteiger partial charge in [-0.1, -0.05) is 73.9 Å². The molecule has 6 amide bonds. The standard InChI is InChI=1S/C30H38ClFN4O6SSi.C28H33ClFN6O7P/c1-19(37)23-14-35(25-12-21(10-11-22(23)25)42-18-43(40,41)34-30(2,3)4)15-27(38)36-17-44(5,6)16-26(36)29(39)33-13-20-8-7-9-24(31)28(20)32;1-2-3-13-43-44(40,41)17-42-19-7-8-22-20(14-19)24(16-35(22)27(31)38)34-12-11-33-10-9-23(36(33)28(34)39)26(37)32-15-18-5-4-6-21(29)25(18)30/h7-12,14,26,34H,13,15-18H2,1-6H3,(H,33,39);4-8,14,16,23H,2-3,9-13,15,17H2,1H3,(H2,31,38)(H,32,37)(H,40,41)/t26-;23-/m00/s1. The van der Waals surface area contributed by atoms with Crippen LogP contribution in [0.5, 0.6) is 11.5 Å². The van der Waals surface area contributed by atoms with E-state index in [-0.39, 0.29) is 83.1 Å². The molecule has 3 aliphatic rings. The van der Waals surface area contributed by atoms with Gasteiger partial charge in [-0.05, 0) is 89.0 Å². The van der Waals surface area contributed by atoms with Crippen LogP contribution in [0.2, 0.25) is 29.2 Å². The summed E-state index contributed by atoms with van der Waals surface area (Å²) in [4.78, 5) is 92.0. The van der Waals surface area contributed by atoms with Crippen LogP contribution in [0, 0.1) is 11.6 Å². The van der Waals surface area contributed by atoms with Crippen molar-refractivity contribution in [2.45, 2.75) is 110 Å². The van der Waals surface area contributed by atoms with E-state index in [0.29, 0.717) is 71.2 Å². The summed E-state index contributed by atoms with van der Waals surface area (Å²) in [6, 6.07) is 16.2. The third-order valence-corrected chi connectivity index (χ3v) is 20.4. The minimum atomic E-state index is -4.01. The van der Waals surface area contributed by atoms with Crippen LogP contribution >= 0.6 is 30.8 Å². The number of aromatic nitrogens is 2. The molecule has 1 unspecified atom stereocenters. The summed E-state index contributed by atoms with van der Waals surface area (Å²) in [5.41, 5.74) is 7.04. The molecule has 4 aromatic carbocycles. The Hall–Kier alpha value is -6.94. The van der Waals surface area contributed by atoms with Gasteiger partial charge in [0.1, 0.15) is 41.8 Å². The first-order valence-corrected chi connectivity index (χ1v) is 35.8. The van der Waals surface area contributed by atoms with Crippen LogP contribution in [-0.2, 0) is 53.1 Å². The zero-order valence-electron chi connectivity index (χ0n) is 49.6. The number of ether oxygens (including phenoxy) is 2. The fourth-order valence-electron chi connectivity index (χ4n) is 10.7. The molecule has 0 aliphatic carbocycles. The van der Waals surface area contributed by atoms with Crippen LogP contribution in [0.3, 0.4) is 0 Å². The first-order chi connectivity index (χ1) is 41.4. The van der Waals surface area contributed by atoms with Crippen LogP contribution < -0.4 is 35.5 Å². The van der Waals surface area contributed by atoms with E-state index in [9.17, 15) is 55.4 Å². The number of hydrazine groups is 1. The van der Waals surface area contributed by atoms with E-state index < -0.39 is 85.2 Å². The quantitative estimate of drug-likeness (QED) is 0.0195. The number of nitrogens with one attached hydrogen (secondary N) is 3. The van der Waals surface area contributed by atoms with Gasteiger partial charge in [-0.2, -0.15) is 0 Å². The number of hydrogen-bond donors (Lipinski definition) is 5. The van der Waals surface area contributed by atoms with Crippen molar-refractivity contribution in [3.8, 4) is 11.5 Å². The molecule has 0 bridgehead atoms. The van der Waals surface area contributed by atoms with Gasteiger partial charge in [0.15, 0.2) is 12.1 Å². The Labute approximate surface area is 518 Å². The fraction of sp³-hybridized carbons (Fsp3) is 0.414. The van der Waals surface area contributed by atoms with Gasteiger partial charge in [0.2, 0.25) is 33.7 Å². The first-order valence-electron chi connectivity index (χ1n) is 28.2. The van der Waals surface area contributed by atoms with Crippen LogP contribution in [0.25, 0.3) is 21.8 Å². The van der Waals surface area contributed by atoms with E-state index in [1.54, 1.807) is 83.9 Å². The molecule has 3 atom stereocenters. The largest absolute Gasteiger partial charge is 0.481 e. The highest BCUT2D eigenvalue weighted by Gasteiger charge is 2.47. The van der Waals surface area contributed by atoms with Crippen molar-refractivity contribution in [2.24, 2.45) is 5.73 Å². The van der Waals surface area contributed by atoms with Crippen LogP contribution in [0.1, 0.15) is 75.4 Å². The zero-order valence-corrected chi connectivity index (χ0v) is 53.8. The van der Waals surface area contributed by atoms with Gasteiger partial charge in [-0.25, -0.2) is 41.5 Å². The van der Waals surface area contributed by atoms with Gasteiger partial charge in [-0.15, -0.1) is 0 Å². The smallest absolute Gasteiger partial charge is 0.365 e. The summed E-state index contributed by atoms with van der Waals surface area (Å²) in [7, 11) is -9.71. The molecule has 6 N–H and O–H groups in total. The number of unbranched alkanes of at least 4 members (excludes halogenated alkanes) is 1. The molecular weight excluding hydrogens is 1240 g/mol. The number of nitrogens with zero attached hydrogens (tertiary/aromatic N) is 6. The molecule has 2 aromatic heterocycles. The predicted molar refractivity (Wildman–Crippen MR) is 331 cm³/mol. The number of anilines is 1. The highest BCUT2D eigenvalue weighted by molar-refractivity contribution is 7.89. The highest BCUT2D eigenvalue weighted by Crippen LogP contribution is 2.43. The second-order valence-electron chi connectivity index (χ2n) is 23.4. The van der Waals surface area contributed by atoms with Crippen molar-refractivity contribution in [3.05, 3.63) is 124 Å². The number of Topliss-reactive ketones (excluding diaryl/α,β-unsaturated/α-hetero) is 1. The van der Waals surface area contributed by atoms with Gasteiger partial charge < -0.3 is 44.7 Å². The summed E-state index contributed by atoms with van der Waals surface area (Å²) in [5.74, 6) is -2.72. The van der Waals surface area contributed by atoms with E-state index >= 15 is 0 Å². The molecule has 9 rings (SSSR count). The van der Waals surface area contributed by atoms with Crippen molar-refractivity contribution >= 4 is 112 Å². The molecule has 0 spiro atoms. The number of halogens is 4. The summed E-state index contributed by atoms with van der Waals surface area (Å²) >= 11 is 11.7. The van der Waals surface area contributed by atoms with E-state index in [1.165, 1.54) is 57.9 Å². The summed E-state index contributed by atoms with van der Waals surface area (Å²) in [6.45, 7) is 13.6. The molecule has 30 heteroatoms. The number of sulfonamides is 1. The lowest BCUT2D eigenvalue weighted by Gasteiger charge is -2.41. The molecule has 23 nitrogen and oxygen atoms in total. The van der Waals surface area contributed by atoms with Gasteiger partial charge in [0, 0.05) is 90.4 Å². The second-order valence-corrected chi connectivity index (χ2v) is 32.8. The Morgan fingerprint density at radius 1 is 0.841 bits per heavy atom. The minimum Gasteiger partial charge on any atom is -0.481 e. The first kappa shape index (κ1) is 67.0. The number of ketones is 1. The minimum absolute atomic E-state index is 0.0383. The fourth-order valence-corrected chi connectivity index (χ4v) is 16.1. The van der Waals surface area contributed by atoms with Crippen LogP contribution in [0.15, 0.2) is 85.2 Å². The maximum atomic E-state index is 14.4. The molecule has 3 saturated heterocycles. The second kappa shape index (κ2) is 27.4. The van der Waals surface area contributed by atoms with Gasteiger partial charge in [0.25, 0.3) is 0 Å². The third-order valence-electron chi connectivity index (χ3n) is 14.7. The van der Waals surface area contributed by atoms with E-state index in [2.05, 4.69) is 28.4 Å². The molecule has 3 aliphatic heterocycles. The number of primary amides is 1. The van der Waals surface area contributed by atoms with Crippen molar-refractivity contribution < 1.29 is 69.4 Å². The maximum Gasteiger partial charge on any atom is 0.365 e. The topological polar surface area (TPSA) is 286 Å². The maximum absolute atomic E-state index is 14.4. The lowest BCUT2D eigenvalue weighted by atomic mass is 10.1. The highest BCUT2D eigenvalue weighted by atomic mass is 35.5. The number of carbonyl (C=O) groups excluding carboxylic acids is 6. The van der Waals surface area contributed by atoms with Gasteiger partial charge >= 0.3 is 19.7 Å². The number of benzene rings is 4. The number of amides is 6. The zero-order chi connectivity index (χ0) is 64.2. The molecule has 6 aromatic rings. The Bertz CT molecular complexity index is 3850. The lowest BCUT2D eigenvalue weighted by molar-refractivity contribution is -0.138. The molecule has 5 heterocycles. The Morgan fingerprint density at radius 2 is 1.47 bits per heavy atom. The van der Waals surface area contributed by atoms with Crippen LogP contribution in [-0.4, -0.2) is 143 Å². The predicted octanol–water partition coefficient (Wildman–Crippen LogP) is 8.71. The monoisotopic (exact) mass is 1310 g/mol. The average Bonchev–Trinajstić information content (AvgIpc) is 1.68. The number of nitrogens with two attached hydrogens (primary N) is 1.